The van der Waals surface area contributed by atoms with Crippen LogP contribution in [-0.4, -0.2) is 22.9 Å². The van der Waals surface area contributed by atoms with Crippen LogP contribution in [0.25, 0.3) is 0 Å². The minimum absolute atomic E-state index is 0.159. The summed E-state index contributed by atoms with van der Waals surface area (Å²) in [7, 11) is 0. The number of hydrogen-bond acceptors (Lipinski definition) is 4. The Morgan fingerprint density at radius 2 is 1.55 bits per heavy atom. The van der Waals surface area contributed by atoms with Crippen molar-refractivity contribution in [2.45, 2.75) is 24.0 Å². The van der Waals surface area contributed by atoms with E-state index in [1.807, 2.05) is 68.4 Å². The molecule has 0 aliphatic rings. The highest BCUT2D eigenvalue weighted by atomic mass is 32.2. The van der Waals surface area contributed by atoms with Crippen LogP contribution < -0.4 is 10.6 Å². The normalized spacial score (nSPS) is 11.7. The first-order chi connectivity index (χ1) is 15.8. The number of carbonyl (C=O) groups excluding carboxylic acids is 2. The van der Waals surface area contributed by atoms with Gasteiger partial charge in [0.15, 0.2) is 0 Å². The first-order valence-electron chi connectivity index (χ1n) is 10.2. The van der Waals surface area contributed by atoms with E-state index in [-0.39, 0.29) is 5.91 Å². The molecule has 1 unspecified atom stereocenters. The predicted molar refractivity (Wildman–Crippen MR) is 131 cm³/mol. The third-order valence-corrected chi connectivity index (χ3v) is 6.10. The molecule has 0 aliphatic carbocycles. The number of thioether (sulfide) groups is 1. The minimum Gasteiger partial charge on any atom is -0.478 e. The fourth-order valence-corrected chi connectivity index (χ4v) is 4.13. The predicted octanol–water partition coefficient (Wildman–Crippen LogP) is 5.35. The van der Waals surface area contributed by atoms with E-state index in [0.717, 1.165) is 39.4 Å². The van der Waals surface area contributed by atoms with Crippen molar-refractivity contribution in [3.8, 4) is 0 Å². The molecule has 7 heteroatoms. The van der Waals surface area contributed by atoms with Gasteiger partial charge < -0.3 is 15.7 Å². The average Bonchev–Trinajstić information content (AvgIpc) is 2.79. The first kappa shape index (κ1) is 23.8. The van der Waals surface area contributed by atoms with E-state index in [2.05, 4.69) is 10.6 Å². The maximum atomic E-state index is 13.3. The fourth-order valence-electron chi connectivity index (χ4n) is 3.04. The van der Waals surface area contributed by atoms with Crippen molar-refractivity contribution >= 4 is 40.9 Å². The number of aliphatic carboxylic acids is 1. The maximum absolute atomic E-state index is 13.3. The van der Waals surface area contributed by atoms with Crippen LogP contribution in [0.1, 0.15) is 21.9 Å². The van der Waals surface area contributed by atoms with Gasteiger partial charge >= 0.3 is 5.97 Å². The van der Waals surface area contributed by atoms with Crippen LogP contribution in [0.15, 0.2) is 89.8 Å². The standard InChI is InChI=1S/C26H24N2O4S/c1-17-11-12-21(15-18(17)2)28-26(32)25(19-7-4-3-5-8-19)33-22-10-6-9-20(16-22)27-23(29)13-14-24(30)31/h3-16,25H,1-2H3,(H,27,29)(H,28,32)(H,30,31)/b14-13+. The van der Waals surface area contributed by atoms with Crippen molar-refractivity contribution in [3.05, 3.63) is 102 Å². The van der Waals surface area contributed by atoms with Crippen LogP contribution in [0.4, 0.5) is 11.4 Å². The van der Waals surface area contributed by atoms with E-state index in [1.165, 1.54) is 11.8 Å². The average molecular weight is 461 g/mol. The van der Waals surface area contributed by atoms with E-state index >= 15 is 0 Å². The molecular formula is C26H24N2O4S. The van der Waals surface area contributed by atoms with Crippen molar-refractivity contribution in [2.75, 3.05) is 10.6 Å². The Bertz CT molecular complexity index is 1190. The van der Waals surface area contributed by atoms with Crippen molar-refractivity contribution in [3.63, 3.8) is 0 Å². The maximum Gasteiger partial charge on any atom is 0.328 e. The van der Waals surface area contributed by atoms with E-state index in [0.29, 0.717) is 5.69 Å². The Morgan fingerprint density at radius 1 is 0.818 bits per heavy atom. The van der Waals surface area contributed by atoms with Crippen molar-refractivity contribution in [1.29, 1.82) is 0 Å². The molecule has 0 aliphatic heterocycles. The fraction of sp³-hybridized carbons (Fsp3) is 0.115. The largest absolute Gasteiger partial charge is 0.478 e. The lowest BCUT2D eigenvalue weighted by atomic mass is 10.1. The molecule has 1 atom stereocenters. The van der Waals surface area contributed by atoms with Crippen molar-refractivity contribution in [2.24, 2.45) is 0 Å². The summed E-state index contributed by atoms with van der Waals surface area (Å²) in [6.07, 6.45) is 1.72. The van der Waals surface area contributed by atoms with E-state index in [9.17, 15) is 14.4 Å². The lowest BCUT2D eigenvalue weighted by Crippen LogP contribution is -2.19. The van der Waals surface area contributed by atoms with Crippen molar-refractivity contribution in [1.82, 2.24) is 0 Å². The zero-order valence-electron chi connectivity index (χ0n) is 18.2. The number of carboxylic acids is 1. The van der Waals surface area contributed by atoms with Crippen molar-refractivity contribution < 1.29 is 19.5 Å². The van der Waals surface area contributed by atoms with Crippen LogP contribution >= 0.6 is 11.8 Å². The van der Waals surface area contributed by atoms with Gasteiger partial charge in [0.2, 0.25) is 11.8 Å². The van der Waals surface area contributed by atoms with Gasteiger partial charge in [-0.2, -0.15) is 0 Å². The number of nitrogens with one attached hydrogen (secondary N) is 2. The molecule has 33 heavy (non-hydrogen) atoms. The molecule has 3 N–H and O–H groups in total. The van der Waals surface area contributed by atoms with E-state index in [1.54, 1.807) is 18.2 Å². The number of hydrogen-bond donors (Lipinski definition) is 3. The Morgan fingerprint density at radius 3 is 2.24 bits per heavy atom. The number of amides is 2. The molecule has 3 aromatic carbocycles. The summed E-state index contributed by atoms with van der Waals surface area (Å²) in [5, 5.41) is 13.8. The Kier molecular flexibility index (Phi) is 8.05. The second-order valence-electron chi connectivity index (χ2n) is 7.39. The number of rotatable bonds is 8. The Balaban J connectivity index is 1.81. The molecule has 0 spiro atoms. The molecule has 0 fully saturated rings. The smallest absolute Gasteiger partial charge is 0.328 e. The quantitative estimate of drug-likeness (QED) is 0.311. The Labute approximate surface area is 196 Å². The van der Waals surface area contributed by atoms with Crippen LogP contribution in [0.5, 0.6) is 0 Å². The minimum atomic E-state index is -1.20. The Hall–Kier alpha value is -3.84. The molecule has 0 aromatic heterocycles. The van der Waals surface area contributed by atoms with Crippen LogP contribution in [0.2, 0.25) is 0 Å². The second kappa shape index (κ2) is 11.2. The van der Waals surface area contributed by atoms with Gasteiger partial charge in [-0.05, 0) is 60.9 Å². The van der Waals surface area contributed by atoms with Crippen LogP contribution in [0, 0.1) is 13.8 Å². The summed E-state index contributed by atoms with van der Waals surface area (Å²) < 4.78 is 0. The molecule has 0 saturated heterocycles. The summed E-state index contributed by atoms with van der Waals surface area (Å²) in [6.45, 7) is 4.02. The van der Waals surface area contributed by atoms with Gasteiger partial charge in [-0.25, -0.2) is 4.79 Å². The molecule has 0 bridgehead atoms. The monoisotopic (exact) mass is 460 g/mol. The summed E-state index contributed by atoms with van der Waals surface area (Å²) in [6, 6.07) is 22.3. The number of aryl methyl sites for hydroxylation is 2. The number of benzene rings is 3. The molecule has 0 heterocycles. The number of carboxylic acid groups (broad SMARTS) is 1. The molecule has 3 rings (SSSR count). The summed E-state index contributed by atoms with van der Waals surface area (Å²) in [5.41, 5.74) is 4.33. The SMILES string of the molecule is Cc1ccc(NC(=O)C(Sc2cccc(NC(=O)/C=C/C(=O)O)c2)c2ccccc2)cc1C. The van der Waals surface area contributed by atoms with Gasteiger partial charge in [0.25, 0.3) is 0 Å². The third kappa shape index (κ3) is 7.08. The molecular weight excluding hydrogens is 436 g/mol. The van der Waals surface area contributed by atoms with E-state index < -0.39 is 17.1 Å². The lowest BCUT2D eigenvalue weighted by Gasteiger charge is -2.18. The highest BCUT2D eigenvalue weighted by Crippen LogP contribution is 2.37. The number of anilines is 2. The van der Waals surface area contributed by atoms with E-state index in [4.69, 9.17) is 5.11 Å². The van der Waals surface area contributed by atoms with Gasteiger partial charge in [-0.1, -0.05) is 42.5 Å². The van der Waals surface area contributed by atoms with Crippen LogP contribution in [-0.2, 0) is 14.4 Å². The molecule has 2 amide bonds. The number of carbonyl (C=O) groups is 3. The molecule has 0 radical (unpaired) electrons. The summed E-state index contributed by atoms with van der Waals surface area (Å²) in [4.78, 5) is 36.5. The van der Waals surface area contributed by atoms with Gasteiger partial charge in [0.1, 0.15) is 5.25 Å². The zero-order valence-corrected chi connectivity index (χ0v) is 19.1. The molecule has 0 saturated carbocycles. The van der Waals surface area contributed by atoms with Gasteiger partial charge in [0, 0.05) is 28.4 Å². The molecule has 168 valence electrons. The second-order valence-corrected chi connectivity index (χ2v) is 8.56. The summed E-state index contributed by atoms with van der Waals surface area (Å²) >= 11 is 1.36. The highest BCUT2D eigenvalue weighted by molar-refractivity contribution is 8.00. The highest BCUT2D eigenvalue weighted by Gasteiger charge is 2.22. The van der Waals surface area contributed by atoms with Gasteiger partial charge in [-0.3, -0.25) is 9.59 Å². The zero-order chi connectivity index (χ0) is 23.8. The first-order valence-corrected chi connectivity index (χ1v) is 11.1. The van der Waals surface area contributed by atoms with Crippen LogP contribution in [0.3, 0.4) is 0 Å². The lowest BCUT2D eigenvalue weighted by molar-refractivity contribution is -0.131. The topological polar surface area (TPSA) is 95.5 Å². The van der Waals surface area contributed by atoms with Gasteiger partial charge in [0.05, 0.1) is 0 Å². The molecule has 6 nitrogen and oxygen atoms in total. The molecule has 3 aromatic rings. The van der Waals surface area contributed by atoms with Gasteiger partial charge in [-0.15, -0.1) is 11.8 Å². The summed E-state index contributed by atoms with van der Waals surface area (Å²) in [5.74, 6) is -1.91. The third-order valence-electron chi connectivity index (χ3n) is 4.85.